The number of amides is 1. The van der Waals surface area contributed by atoms with E-state index in [1.165, 1.54) is 5.56 Å². The second-order valence-corrected chi connectivity index (χ2v) is 6.25. The standard InChI is InChI=1S/C15H22BrNO3/c1-15(2,3)20-14(18)17-12-8-7-11(6-5-9-16)10-13(12)19-4/h7-8,10H,5-6,9H2,1-4H3,(H,17,18). The molecule has 0 aliphatic rings. The summed E-state index contributed by atoms with van der Waals surface area (Å²) in [5, 5.41) is 3.67. The molecule has 0 heterocycles. The quantitative estimate of drug-likeness (QED) is 0.807. The van der Waals surface area contributed by atoms with Gasteiger partial charge in [-0.25, -0.2) is 4.79 Å². The van der Waals surface area contributed by atoms with Crippen LogP contribution in [-0.2, 0) is 11.2 Å². The second-order valence-electron chi connectivity index (χ2n) is 5.45. The molecule has 0 spiro atoms. The van der Waals surface area contributed by atoms with E-state index in [1.807, 2.05) is 39.0 Å². The van der Waals surface area contributed by atoms with Crippen LogP contribution in [0.25, 0.3) is 0 Å². The molecule has 4 nitrogen and oxygen atoms in total. The van der Waals surface area contributed by atoms with E-state index in [1.54, 1.807) is 7.11 Å². The van der Waals surface area contributed by atoms with Crippen LogP contribution in [-0.4, -0.2) is 24.1 Å². The molecule has 0 saturated carbocycles. The third-order valence-electron chi connectivity index (χ3n) is 2.50. The summed E-state index contributed by atoms with van der Waals surface area (Å²) in [6, 6.07) is 5.76. The van der Waals surface area contributed by atoms with Gasteiger partial charge >= 0.3 is 6.09 Å². The van der Waals surface area contributed by atoms with Crippen molar-refractivity contribution >= 4 is 27.7 Å². The molecule has 1 amide bonds. The van der Waals surface area contributed by atoms with Gasteiger partial charge in [0, 0.05) is 5.33 Å². The number of aryl methyl sites for hydroxylation is 1. The first kappa shape index (κ1) is 16.8. The number of methoxy groups -OCH3 is 1. The van der Waals surface area contributed by atoms with Gasteiger partial charge in [0.05, 0.1) is 12.8 Å². The van der Waals surface area contributed by atoms with Crippen LogP contribution in [0.15, 0.2) is 18.2 Å². The summed E-state index contributed by atoms with van der Waals surface area (Å²) in [5.74, 6) is 0.642. The highest BCUT2D eigenvalue weighted by molar-refractivity contribution is 9.09. The maximum Gasteiger partial charge on any atom is 0.412 e. The third-order valence-corrected chi connectivity index (χ3v) is 3.06. The number of carbonyl (C=O) groups excluding carboxylic acids is 1. The van der Waals surface area contributed by atoms with Crippen LogP contribution in [0.2, 0.25) is 0 Å². The molecular formula is C15H22BrNO3. The zero-order valence-electron chi connectivity index (χ0n) is 12.5. The minimum Gasteiger partial charge on any atom is -0.495 e. The zero-order valence-corrected chi connectivity index (χ0v) is 14.0. The van der Waals surface area contributed by atoms with Crippen LogP contribution in [0.3, 0.4) is 0 Å². The van der Waals surface area contributed by atoms with Crippen molar-refractivity contribution in [2.24, 2.45) is 0 Å². The van der Waals surface area contributed by atoms with Crippen LogP contribution in [0.1, 0.15) is 32.8 Å². The Kier molecular flexibility index (Phi) is 6.33. The Morgan fingerprint density at radius 1 is 1.35 bits per heavy atom. The van der Waals surface area contributed by atoms with E-state index in [2.05, 4.69) is 21.2 Å². The number of nitrogens with one attached hydrogen (secondary N) is 1. The predicted molar refractivity (Wildman–Crippen MR) is 85.0 cm³/mol. The lowest BCUT2D eigenvalue weighted by atomic mass is 10.1. The number of benzene rings is 1. The molecule has 20 heavy (non-hydrogen) atoms. The Balaban J connectivity index is 2.77. The van der Waals surface area contributed by atoms with Crippen molar-refractivity contribution in [1.29, 1.82) is 0 Å². The van der Waals surface area contributed by atoms with Crippen LogP contribution < -0.4 is 10.1 Å². The molecule has 0 bridgehead atoms. The minimum atomic E-state index is -0.521. The molecule has 0 atom stereocenters. The maximum absolute atomic E-state index is 11.8. The highest BCUT2D eigenvalue weighted by atomic mass is 79.9. The molecule has 1 N–H and O–H groups in total. The molecular weight excluding hydrogens is 322 g/mol. The van der Waals surface area contributed by atoms with E-state index in [0.717, 1.165) is 18.2 Å². The van der Waals surface area contributed by atoms with Gasteiger partial charge in [0.15, 0.2) is 0 Å². The number of ether oxygens (including phenoxy) is 2. The van der Waals surface area contributed by atoms with E-state index in [-0.39, 0.29) is 0 Å². The van der Waals surface area contributed by atoms with Crippen LogP contribution >= 0.6 is 15.9 Å². The van der Waals surface area contributed by atoms with Crippen molar-refractivity contribution in [3.05, 3.63) is 23.8 Å². The van der Waals surface area contributed by atoms with Crippen molar-refractivity contribution in [2.75, 3.05) is 17.8 Å². The summed E-state index contributed by atoms with van der Waals surface area (Å²) < 4.78 is 10.5. The molecule has 112 valence electrons. The maximum atomic E-state index is 11.8. The van der Waals surface area contributed by atoms with Crippen LogP contribution in [0.5, 0.6) is 5.75 Å². The predicted octanol–water partition coefficient (Wildman–Crippen LogP) is 4.37. The fraction of sp³-hybridized carbons (Fsp3) is 0.533. The molecule has 1 aromatic rings. The lowest BCUT2D eigenvalue weighted by molar-refractivity contribution is 0.0635. The molecule has 0 aliphatic heterocycles. The summed E-state index contributed by atoms with van der Waals surface area (Å²) in [7, 11) is 1.59. The average molecular weight is 344 g/mol. The number of rotatable bonds is 5. The number of hydrogen-bond donors (Lipinski definition) is 1. The molecule has 5 heteroatoms. The Bertz CT molecular complexity index is 455. The second kappa shape index (κ2) is 7.53. The van der Waals surface area contributed by atoms with Crippen molar-refractivity contribution in [3.63, 3.8) is 0 Å². The molecule has 0 fully saturated rings. The van der Waals surface area contributed by atoms with Gasteiger partial charge in [0.2, 0.25) is 0 Å². The van der Waals surface area contributed by atoms with Crippen LogP contribution in [0, 0.1) is 0 Å². The molecule has 0 radical (unpaired) electrons. The van der Waals surface area contributed by atoms with Crippen molar-refractivity contribution in [3.8, 4) is 5.75 Å². The fourth-order valence-corrected chi connectivity index (χ4v) is 1.96. The largest absolute Gasteiger partial charge is 0.495 e. The van der Waals surface area contributed by atoms with Crippen molar-refractivity contribution < 1.29 is 14.3 Å². The van der Waals surface area contributed by atoms with E-state index >= 15 is 0 Å². The molecule has 0 unspecified atom stereocenters. The lowest BCUT2D eigenvalue weighted by Gasteiger charge is -2.20. The summed E-state index contributed by atoms with van der Waals surface area (Å²) >= 11 is 3.41. The summed E-state index contributed by atoms with van der Waals surface area (Å²) in [6.07, 6.45) is 1.54. The topological polar surface area (TPSA) is 47.6 Å². The average Bonchev–Trinajstić information content (AvgIpc) is 2.35. The highest BCUT2D eigenvalue weighted by Crippen LogP contribution is 2.26. The van der Waals surface area contributed by atoms with Crippen molar-refractivity contribution in [2.45, 2.75) is 39.2 Å². The lowest BCUT2D eigenvalue weighted by Crippen LogP contribution is -2.27. The number of carbonyl (C=O) groups is 1. The van der Waals surface area contributed by atoms with E-state index < -0.39 is 11.7 Å². The van der Waals surface area contributed by atoms with Gasteiger partial charge in [0.1, 0.15) is 11.4 Å². The molecule has 0 saturated heterocycles. The number of hydrogen-bond acceptors (Lipinski definition) is 3. The Morgan fingerprint density at radius 2 is 2.05 bits per heavy atom. The highest BCUT2D eigenvalue weighted by Gasteiger charge is 2.17. The van der Waals surface area contributed by atoms with Crippen LogP contribution in [0.4, 0.5) is 10.5 Å². The third kappa shape index (κ3) is 5.82. The molecule has 1 aromatic carbocycles. The zero-order chi connectivity index (χ0) is 15.2. The summed E-state index contributed by atoms with van der Waals surface area (Å²) in [5.41, 5.74) is 1.27. The van der Waals surface area contributed by atoms with Gasteiger partial charge < -0.3 is 9.47 Å². The minimum absolute atomic E-state index is 0.482. The number of alkyl halides is 1. The van der Waals surface area contributed by atoms with Gasteiger partial charge in [-0.1, -0.05) is 22.0 Å². The van der Waals surface area contributed by atoms with E-state index in [0.29, 0.717) is 11.4 Å². The number of anilines is 1. The summed E-state index contributed by atoms with van der Waals surface area (Å²) in [6.45, 7) is 5.48. The first-order valence-corrected chi connectivity index (χ1v) is 7.71. The van der Waals surface area contributed by atoms with E-state index in [9.17, 15) is 4.79 Å². The van der Waals surface area contributed by atoms with Gasteiger partial charge in [-0.15, -0.1) is 0 Å². The fourth-order valence-electron chi connectivity index (χ4n) is 1.68. The summed E-state index contributed by atoms with van der Waals surface area (Å²) in [4.78, 5) is 11.8. The smallest absolute Gasteiger partial charge is 0.412 e. The number of halogens is 1. The first-order valence-electron chi connectivity index (χ1n) is 6.58. The Morgan fingerprint density at radius 3 is 2.60 bits per heavy atom. The van der Waals surface area contributed by atoms with Gasteiger partial charge in [-0.3, -0.25) is 5.32 Å². The molecule has 1 rings (SSSR count). The SMILES string of the molecule is COc1cc(CCCBr)ccc1NC(=O)OC(C)(C)C. The van der Waals surface area contributed by atoms with Gasteiger partial charge in [-0.2, -0.15) is 0 Å². The van der Waals surface area contributed by atoms with E-state index in [4.69, 9.17) is 9.47 Å². The van der Waals surface area contributed by atoms with Crippen molar-refractivity contribution in [1.82, 2.24) is 0 Å². The van der Waals surface area contributed by atoms with Gasteiger partial charge in [-0.05, 0) is 51.3 Å². The Hall–Kier alpha value is -1.23. The Labute approximate surface area is 129 Å². The first-order chi connectivity index (χ1) is 9.35. The molecule has 0 aliphatic carbocycles. The monoisotopic (exact) mass is 343 g/mol. The van der Waals surface area contributed by atoms with Gasteiger partial charge in [0.25, 0.3) is 0 Å². The molecule has 0 aromatic heterocycles. The normalized spacial score (nSPS) is 11.1.